The van der Waals surface area contributed by atoms with Crippen molar-refractivity contribution in [1.29, 1.82) is 0 Å². The third-order valence-corrected chi connectivity index (χ3v) is 2.94. The van der Waals surface area contributed by atoms with E-state index in [1.165, 1.54) is 17.8 Å². The van der Waals surface area contributed by atoms with Crippen LogP contribution in [0.25, 0.3) is 0 Å². The van der Waals surface area contributed by atoms with E-state index in [0.717, 1.165) is 5.69 Å². The Kier molecular flexibility index (Phi) is 3.05. The van der Waals surface area contributed by atoms with Crippen LogP contribution in [-0.4, -0.2) is 9.97 Å². The van der Waals surface area contributed by atoms with Crippen LogP contribution in [0, 0.1) is 12.7 Å². The first-order valence-electron chi connectivity index (χ1n) is 4.68. The van der Waals surface area contributed by atoms with E-state index < -0.39 is 5.82 Å². The van der Waals surface area contributed by atoms with Crippen molar-refractivity contribution in [1.82, 2.24) is 9.97 Å². The van der Waals surface area contributed by atoms with Crippen molar-refractivity contribution in [2.24, 2.45) is 0 Å². The minimum absolute atomic E-state index is 0.137. The summed E-state index contributed by atoms with van der Waals surface area (Å²) in [5.74, 6) is -0.419. The molecule has 5 heteroatoms. The minimum Gasteiger partial charge on any atom is -0.395 e. The molecule has 0 atom stereocenters. The Hall–Kier alpha value is -1.62. The van der Waals surface area contributed by atoms with Crippen molar-refractivity contribution in [2.75, 3.05) is 5.73 Å². The highest BCUT2D eigenvalue weighted by Gasteiger charge is 2.07. The highest BCUT2D eigenvalue weighted by Crippen LogP contribution is 2.30. The summed E-state index contributed by atoms with van der Waals surface area (Å²) in [7, 11) is 0. The van der Waals surface area contributed by atoms with E-state index in [4.69, 9.17) is 5.73 Å². The van der Waals surface area contributed by atoms with Gasteiger partial charge >= 0.3 is 0 Å². The van der Waals surface area contributed by atoms with Gasteiger partial charge in [-0.15, -0.1) is 0 Å². The largest absolute Gasteiger partial charge is 0.395 e. The number of hydrogen-bond donors (Lipinski definition) is 1. The molecule has 1 heterocycles. The molecule has 0 bridgehead atoms. The average Bonchev–Trinajstić information content (AvgIpc) is 2.25. The smallest absolute Gasteiger partial charge is 0.192 e. The second kappa shape index (κ2) is 4.49. The van der Waals surface area contributed by atoms with Gasteiger partial charge in [0.15, 0.2) is 5.16 Å². The van der Waals surface area contributed by atoms with Gasteiger partial charge < -0.3 is 5.73 Å². The zero-order valence-corrected chi connectivity index (χ0v) is 9.46. The van der Waals surface area contributed by atoms with Gasteiger partial charge in [-0.25, -0.2) is 14.4 Å². The lowest BCUT2D eigenvalue weighted by atomic mass is 10.3. The summed E-state index contributed by atoms with van der Waals surface area (Å²) in [5, 5.41) is 0.567. The zero-order valence-electron chi connectivity index (χ0n) is 8.64. The Morgan fingerprint density at radius 3 is 2.88 bits per heavy atom. The Balaban J connectivity index is 2.31. The van der Waals surface area contributed by atoms with E-state index in [1.807, 2.05) is 6.92 Å². The average molecular weight is 235 g/mol. The monoisotopic (exact) mass is 235 g/mol. The number of hydrogen-bond acceptors (Lipinski definition) is 4. The van der Waals surface area contributed by atoms with Gasteiger partial charge in [-0.2, -0.15) is 0 Å². The van der Waals surface area contributed by atoms with Crippen molar-refractivity contribution >= 4 is 17.4 Å². The number of nitrogens with two attached hydrogens (primary N) is 1. The molecule has 0 amide bonds. The number of halogens is 1. The molecule has 16 heavy (non-hydrogen) atoms. The molecular formula is C11H10FN3S. The number of nitrogen functional groups attached to an aromatic ring is 1. The molecule has 0 spiro atoms. The molecule has 82 valence electrons. The van der Waals surface area contributed by atoms with Crippen LogP contribution in [0.5, 0.6) is 0 Å². The van der Waals surface area contributed by atoms with Gasteiger partial charge in [0.25, 0.3) is 0 Å². The molecule has 1 aromatic heterocycles. The standard InChI is InChI=1S/C11H10FN3S/c1-7-5-6-14-11(15-7)16-9-4-2-3-8(12)10(9)13/h2-6H,13H2,1H3. The fourth-order valence-electron chi connectivity index (χ4n) is 1.18. The number of aromatic nitrogens is 2. The van der Waals surface area contributed by atoms with Crippen LogP contribution >= 0.6 is 11.8 Å². The number of para-hydroxylation sites is 1. The van der Waals surface area contributed by atoms with Gasteiger partial charge in [0.05, 0.1) is 5.69 Å². The molecule has 0 aliphatic carbocycles. The molecule has 0 radical (unpaired) electrons. The van der Waals surface area contributed by atoms with Crippen LogP contribution in [0.3, 0.4) is 0 Å². The molecule has 0 aliphatic heterocycles. The molecule has 2 N–H and O–H groups in total. The number of anilines is 1. The first kappa shape index (κ1) is 10.9. The third-order valence-electron chi connectivity index (χ3n) is 1.99. The third kappa shape index (κ3) is 2.30. The molecule has 1 aromatic carbocycles. The fraction of sp³-hybridized carbons (Fsp3) is 0.0909. The molecule has 0 saturated carbocycles. The van der Waals surface area contributed by atoms with Gasteiger partial charge in [-0.1, -0.05) is 6.07 Å². The topological polar surface area (TPSA) is 51.8 Å². The van der Waals surface area contributed by atoms with E-state index in [0.29, 0.717) is 10.1 Å². The van der Waals surface area contributed by atoms with Crippen LogP contribution in [0.2, 0.25) is 0 Å². The van der Waals surface area contributed by atoms with Gasteiger partial charge in [-0.3, -0.25) is 0 Å². The zero-order chi connectivity index (χ0) is 11.5. The summed E-state index contributed by atoms with van der Waals surface area (Å²) >= 11 is 1.26. The van der Waals surface area contributed by atoms with Crippen molar-refractivity contribution in [3.63, 3.8) is 0 Å². The number of rotatable bonds is 2. The van der Waals surface area contributed by atoms with Crippen LogP contribution in [0.15, 0.2) is 40.5 Å². The number of benzene rings is 1. The summed E-state index contributed by atoms with van der Waals surface area (Å²) in [6, 6.07) is 6.49. The second-order valence-corrected chi connectivity index (χ2v) is 4.24. The molecule has 3 nitrogen and oxygen atoms in total. The molecule has 0 unspecified atom stereocenters. The quantitative estimate of drug-likeness (QED) is 0.642. The van der Waals surface area contributed by atoms with Gasteiger partial charge in [0.2, 0.25) is 0 Å². The highest BCUT2D eigenvalue weighted by molar-refractivity contribution is 7.99. The van der Waals surface area contributed by atoms with E-state index in [2.05, 4.69) is 9.97 Å². The maximum atomic E-state index is 13.2. The van der Waals surface area contributed by atoms with Crippen LogP contribution in [-0.2, 0) is 0 Å². The maximum Gasteiger partial charge on any atom is 0.192 e. The number of aryl methyl sites for hydroxylation is 1. The normalized spacial score (nSPS) is 10.4. The first-order chi connectivity index (χ1) is 7.66. The molecule has 2 rings (SSSR count). The summed E-state index contributed by atoms with van der Waals surface area (Å²) < 4.78 is 13.2. The maximum absolute atomic E-state index is 13.2. The van der Waals surface area contributed by atoms with Crippen molar-refractivity contribution in [2.45, 2.75) is 17.0 Å². The van der Waals surface area contributed by atoms with Gasteiger partial charge in [-0.05, 0) is 36.9 Å². The summed E-state index contributed by atoms with van der Waals surface area (Å²) in [5.41, 5.74) is 6.62. The van der Waals surface area contributed by atoms with E-state index in [9.17, 15) is 4.39 Å². The summed E-state index contributed by atoms with van der Waals surface area (Å²) in [6.07, 6.45) is 1.67. The lowest BCUT2D eigenvalue weighted by molar-refractivity contribution is 0.629. The SMILES string of the molecule is Cc1ccnc(Sc2cccc(F)c2N)n1. The molecule has 0 saturated heterocycles. The molecule has 2 aromatic rings. The fourth-order valence-corrected chi connectivity index (χ4v) is 2.03. The lowest BCUT2D eigenvalue weighted by Gasteiger charge is -2.04. The van der Waals surface area contributed by atoms with E-state index in [-0.39, 0.29) is 5.69 Å². The minimum atomic E-state index is -0.419. The Morgan fingerprint density at radius 1 is 1.31 bits per heavy atom. The van der Waals surface area contributed by atoms with Crippen molar-refractivity contribution in [3.8, 4) is 0 Å². The molecule has 0 fully saturated rings. The van der Waals surface area contributed by atoms with Crippen LogP contribution in [0.1, 0.15) is 5.69 Å². The molecule has 0 aliphatic rings. The van der Waals surface area contributed by atoms with Crippen molar-refractivity contribution in [3.05, 3.63) is 42.0 Å². The Morgan fingerprint density at radius 2 is 2.12 bits per heavy atom. The lowest BCUT2D eigenvalue weighted by Crippen LogP contribution is -1.94. The Labute approximate surface area is 96.9 Å². The second-order valence-electron chi connectivity index (χ2n) is 3.23. The van der Waals surface area contributed by atoms with Crippen molar-refractivity contribution < 1.29 is 4.39 Å². The summed E-state index contributed by atoms with van der Waals surface area (Å²) in [6.45, 7) is 1.88. The highest BCUT2D eigenvalue weighted by atomic mass is 32.2. The van der Waals surface area contributed by atoms with E-state index in [1.54, 1.807) is 24.4 Å². The Bertz CT molecular complexity index is 516. The van der Waals surface area contributed by atoms with Gasteiger partial charge in [0, 0.05) is 16.8 Å². The van der Waals surface area contributed by atoms with E-state index >= 15 is 0 Å². The predicted molar refractivity (Wildman–Crippen MR) is 61.7 cm³/mol. The number of nitrogens with zero attached hydrogens (tertiary/aromatic N) is 2. The first-order valence-corrected chi connectivity index (χ1v) is 5.50. The van der Waals surface area contributed by atoms with Crippen LogP contribution < -0.4 is 5.73 Å². The van der Waals surface area contributed by atoms with Gasteiger partial charge in [0.1, 0.15) is 5.82 Å². The summed E-state index contributed by atoms with van der Waals surface area (Å²) in [4.78, 5) is 8.92. The molecular weight excluding hydrogens is 225 g/mol. The van der Waals surface area contributed by atoms with Crippen LogP contribution in [0.4, 0.5) is 10.1 Å². The predicted octanol–water partition coefficient (Wildman–Crippen LogP) is 2.66.